The van der Waals surface area contributed by atoms with Crippen molar-refractivity contribution in [3.05, 3.63) is 36.0 Å². The number of hydrogen-bond acceptors (Lipinski definition) is 2. The van der Waals surface area contributed by atoms with Crippen molar-refractivity contribution >= 4 is 6.29 Å². The smallest absolute Gasteiger partial charge is 0.150 e. The zero-order valence-corrected chi connectivity index (χ0v) is 6.32. The maximum Gasteiger partial charge on any atom is 0.150 e. The summed E-state index contributed by atoms with van der Waals surface area (Å²) >= 11 is 0. The highest BCUT2D eigenvalue weighted by Crippen LogP contribution is 2.12. The first-order valence-corrected chi connectivity index (χ1v) is 3.40. The summed E-state index contributed by atoms with van der Waals surface area (Å²) in [6.45, 7) is 1.65. The third-order valence-corrected chi connectivity index (χ3v) is 1.47. The van der Waals surface area contributed by atoms with Gasteiger partial charge in [-0.2, -0.15) is 0 Å². The summed E-state index contributed by atoms with van der Waals surface area (Å²) in [5.74, 6) is 0. The molecule has 2 nitrogen and oxygen atoms in total. The van der Waals surface area contributed by atoms with Crippen LogP contribution >= 0.6 is 0 Å². The lowest BCUT2D eigenvalue weighted by Crippen LogP contribution is -2.15. The van der Waals surface area contributed by atoms with E-state index in [4.69, 9.17) is 0 Å². The van der Waals surface area contributed by atoms with Crippen LogP contribution in [0.5, 0.6) is 0 Å². The minimum atomic E-state index is -0.929. The maximum absolute atomic E-state index is 10.3. The fourth-order valence-corrected chi connectivity index (χ4v) is 0.809. The molecule has 1 rings (SSSR count). The molecule has 1 atom stereocenters. The SMILES string of the molecule is CC1(O)C=CC=C(C=O)C=C1. The Bertz CT molecular complexity index is 244. The van der Waals surface area contributed by atoms with Gasteiger partial charge in [0.25, 0.3) is 0 Å². The van der Waals surface area contributed by atoms with Gasteiger partial charge >= 0.3 is 0 Å². The fraction of sp³-hybridized carbons (Fsp3) is 0.222. The van der Waals surface area contributed by atoms with E-state index in [1.54, 1.807) is 37.3 Å². The molecule has 0 aromatic carbocycles. The number of carbonyl (C=O) groups excluding carboxylic acids is 1. The number of rotatable bonds is 1. The van der Waals surface area contributed by atoms with Crippen LogP contribution in [-0.2, 0) is 4.79 Å². The van der Waals surface area contributed by atoms with Crippen molar-refractivity contribution in [2.75, 3.05) is 0 Å². The van der Waals surface area contributed by atoms with E-state index < -0.39 is 5.60 Å². The second kappa shape index (κ2) is 2.84. The molecule has 1 unspecified atom stereocenters. The van der Waals surface area contributed by atoms with Crippen LogP contribution in [-0.4, -0.2) is 17.0 Å². The average Bonchev–Trinajstić information content (AvgIpc) is 2.10. The fourth-order valence-electron chi connectivity index (χ4n) is 0.809. The molecule has 0 saturated carbocycles. The molecule has 0 bridgehead atoms. The van der Waals surface area contributed by atoms with E-state index >= 15 is 0 Å². The van der Waals surface area contributed by atoms with Crippen molar-refractivity contribution in [1.29, 1.82) is 0 Å². The lowest BCUT2D eigenvalue weighted by molar-refractivity contribution is -0.104. The maximum atomic E-state index is 10.3. The quantitative estimate of drug-likeness (QED) is 0.566. The molecule has 0 aliphatic heterocycles. The Morgan fingerprint density at radius 1 is 1.55 bits per heavy atom. The summed E-state index contributed by atoms with van der Waals surface area (Å²) in [6.07, 6.45) is 8.89. The van der Waals surface area contributed by atoms with Crippen LogP contribution in [0.2, 0.25) is 0 Å². The van der Waals surface area contributed by atoms with Gasteiger partial charge in [0, 0.05) is 5.57 Å². The van der Waals surface area contributed by atoms with Gasteiger partial charge in [-0.1, -0.05) is 18.2 Å². The first-order chi connectivity index (χ1) is 5.14. The van der Waals surface area contributed by atoms with E-state index in [0.29, 0.717) is 5.57 Å². The van der Waals surface area contributed by atoms with Gasteiger partial charge in [-0.15, -0.1) is 0 Å². The van der Waals surface area contributed by atoms with Crippen LogP contribution in [0.25, 0.3) is 0 Å². The molecule has 58 valence electrons. The van der Waals surface area contributed by atoms with Crippen molar-refractivity contribution in [1.82, 2.24) is 0 Å². The molecule has 11 heavy (non-hydrogen) atoms. The van der Waals surface area contributed by atoms with E-state index in [9.17, 15) is 9.90 Å². The van der Waals surface area contributed by atoms with Crippen molar-refractivity contribution < 1.29 is 9.90 Å². The summed E-state index contributed by atoms with van der Waals surface area (Å²) < 4.78 is 0. The minimum Gasteiger partial charge on any atom is -0.382 e. The van der Waals surface area contributed by atoms with Crippen molar-refractivity contribution in [3.63, 3.8) is 0 Å². The van der Waals surface area contributed by atoms with Gasteiger partial charge < -0.3 is 5.11 Å². The predicted octanol–water partition coefficient (Wildman–Crippen LogP) is 0.989. The summed E-state index contributed by atoms with van der Waals surface area (Å²) in [4.78, 5) is 10.3. The van der Waals surface area contributed by atoms with Crippen molar-refractivity contribution in [3.8, 4) is 0 Å². The largest absolute Gasteiger partial charge is 0.382 e. The summed E-state index contributed by atoms with van der Waals surface area (Å²) in [5, 5.41) is 9.44. The molecule has 0 fully saturated rings. The normalized spacial score (nSPS) is 29.5. The van der Waals surface area contributed by atoms with Crippen LogP contribution < -0.4 is 0 Å². The topological polar surface area (TPSA) is 37.3 Å². The number of hydrogen-bond donors (Lipinski definition) is 1. The molecule has 1 aliphatic rings. The molecule has 0 radical (unpaired) electrons. The zero-order valence-electron chi connectivity index (χ0n) is 6.32. The summed E-state index contributed by atoms with van der Waals surface area (Å²) in [7, 11) is 0. The van der Waals surface area contributed by atoms with Crippen LogP contribution in [0.3, 0.4) is 0 Å². The van der Waals surface area contributed by atoms with Gasteiger partial charge in [-0.25, -0.2) is 0 Å². The third-order valence-electron chi connectivity index (χ3n) is 1.47. The number of allylic oxidation sites excluding steroid dienone is 4. The number of carbonyl (C=O) groups is 1. The van der Waals surface area contributed by atoms with E-state index in [-0.39, 0.29) is 0 Å². The van der Waals surface area contributed by atoms with Gasteiger partial charge in [0.2, 0.25) is 0 Å². The lowest BCUT2D eigenvalue weighted by atomic mass is 10.1. The average molecular weight is 150 g/mol. The molecule has 1 aliphatic carbocycles. The van der Waals surface area contributed by atoms with Crippen molar-refractivity contribution in [2.45, 2.75) is 12.5 Å². The summed E-state index contributed by atoms with van der Waals surface area (Å²) in [6, 6.07) is 0. The van der Waals surface area contributed by atoms with Crippen LogP contribution in [0.15, 0.2) is 36.0 Å². The van der Waals surface area contributed by atoms with Gasteiger partial charge in [-0.3, -0.25) is 4.79 Å². The highest BCUT2D eigenvalue weighted by atomic mass is 16.3. The number of aliphatic hydroxyl groups is 1. The lowest BCUT2D eigenvalue weighted by Gasteiger charge is -2.10. The molecular weight excluding hydrogens is 140 g/mol. The Hall–Kier alpha value is -1.15. The predicted molar refractivity (Wildman–Crippen MR) is 43.1 cm³/mol. The molecule has 1 N–H and O–H groups in total. The Morgan fingerprint density at radius 3 is 2.91 bits per heavy atom. The second-order valence-corrected chi connectivity index (χ2v) is 2.70. The van der Waals surface area contributed by atoms with Crippen LogP contribution in [0.1, 0.15) is 6.92 Å². The van der Waals surface area contributed by atoms with E-state index in [1.165, 1.54) is 0 Å². The van der Waals surface area contributed by atoms with E-state index in [0.717, 1.165) is 6.29 Å². The Labute approximate surface area is 65.5 Å². The van der Waals surface area contributed by atoms with Gasteiger partial charge in [0.1, 0.15) is 6.29 Å². The Kier molecular flexibility index (Phi) is 2.06. The van der Waals surface area contributed by atoms with E-state index in [1.807, 2.05) is 0 Å². The molecule has 0 aromatic heterocycles. The van der Waals surface area contributed by atoms with Crippen LogP contribution in [0, 0.1) is 0 Å². The molecule has 0 aromatic rings. The first-order valence-electron chi connectivity index (χ1n) is 3.40. The van der Waals surface area contributed by atoms with Gasteiger partial charge in [-0.05, 0) is 19.1 Å². The second-order valence-electron chi connectivity index (χ2n) is 2.70. The third kappa shape index (κ3) is 2.16. The molecule has 0 spiro atoms. The summed E-state index contributed by atoms with van der Waals surface area (Å²) in [5.41, 5.74) is -0.361. The minimum absolute atomic E-state index is 0.569. The monoisotopic (exact) mass is 150 g/mol. The molecule has 0 amide bonds. The van der Waals surface area contributed by atoms with Crippen molar-refractivity contribution in [2.24, 2.45) is 0 Å². The standard InChI is InChI=1S/C9H10O2/c1-9(11)5-2-3-8(7-10)4-6-9/h2-7,11H,1H3. The molecule has 0 heterocycles. The first kappa shape index (κ1) is 7.95. The van der Waals surface area contributed by atoms with Gasteiger partial charge in [0.05, 0.1) is 5.60 Å². The molecule has 2 heteroatoms. The molecular formula is C9H10O2. The molecule has 0 saturated heterocycles. The van der Waals surface area contributed by atoms with Gasteiger partial charge in [0.15, 0.2) is 0 Å². The number of aldehydes is 1. The zero-order chi connectivity index (χ0) is 8.32. The Balaban J connectivity index is 2.91. The van der Waals surface area contributed by atoms with Crippen LogP contribution in [0.4, 0.5) is 0 Å². The highest BCUT2D eigenvalue weighted by molar-refractivity contribution is 5.78. The highest BCUT2D eigenvalue weighted by Gasteiger charge is 2.11. The Morgan fingerprint density at radius 2 is 2.27 bits per heavy atom. The van der Waals surface area contributed by atoms with E-state index in [2.05, 4.69) is 0 Å².